The summed E-state index contributed by atoms with van der Waals surface area (Å²) in [5.74, 6) is -0.651. The van der Waals surface area contributed by atoms with E-state index in [1.807, 2.05) is 0 Å². The Morgan fingerprint density at radius 2 is 1.95 bits per heavy atom. The maximum Gasteiger partial charge on any atom is 0.408 e. The van der Waals surface area contributed by atoms with Crippen LogP contribution in [0.1, 0.15) is 30.1 Å². The molecule has 1 saturated heterocycles. The number of benzene rings is 1. The van der Waals surface area contributed by atoms with Gasteiger partial charge < -0.3 is 10.4 Å². The Morgan fingerprint density at radius 3 is 2.55 bits per heavy atom. The SMILES string of the molecule is CC1(C(=O)NCC(=O)c2ccc(Br)cc2)CCCN1C(=O)O. The average Bonchev–Trinajstić information content (AvgIpc) is 2.88. The molecule has 1 aliphatic heterocycles. The highest BCUT2D eigenvalue weighted by molar-refractivity contribution is 9.10. The van der Waals surface area contributed by atoms with Gasteiger partial charge in [-0.3, -0.25) is 14.5 Å². The number of nitrogens with zero attached hydrogens (tertiary/aromatic N) is 1. The summed E-state index contributed by atoms with van der Waals surface area (Å²) in [4.78, 5) is 36.7. The second-order valence-electron chi connectivity index (χ2n) is 5.42. The molecule has 22 heavy (non-hydrogen) atoms. The Hall–Kier alpha value is -1.89. The van der Waals surface area contributed by atoms with E-state index >= 15 is 0 Å². The lowest BCUT2D eigenvalue weighted by atomic mass is 9.98. The van der Waals surface area contributed by atoms with Crippen molar-refractivity contribution in [2.75, 3.05) is 13.1 Å². The number of likely N-dealkylation sites (tertiary alicyclic amines) is 1. The van der Waals surface area contributed by atoms with Crippen molar-refractivity contribution in [1.29, 1.82) is 0 Å². The zero-order valence-corrected chi connectivity index (χ0v) is 13.7. The summed E-state index contributed by atoms with van der Waals surface area (Å²) in [5.41, 5.74) is -0.610. The van der Waals surface area contributed by atoms with Gasteiger partial charge in [0.2, 0.25) is 5.91 Å². The van der Waals surface area contributed by atoms with Crippen LogP contribution in [-0.4, -0.2) is 46.4 Å². The predicted molar refractivity (Wildman–Crippen MR) is 83.9 cm³/mol. The van der Waals surface area contributed by atoms with Gasteiger partial charge in [0.05, 0.1) is 6.54 Å². The third-order valence-electron chi connectivity index (χ3n) is 3.94. The number of carbonyl (C=O) groups is 3. The number of halogens is 1. The quantitative estimate of drug-likeness (QED) is 0.798. The van der Waals surface area contributed by atoms with Crippen LogP contribution < -0.4 is 5.32 Å². The van der Waals surface area contributed by atoms with Gasteiger partial charge in [0.1, 0.15) is 5.54 Å². The summed E-state index contributed by atoms with van der Waals surface area (Å²) >= 11 is 3.29. The molecule has 0 aliphatic carbocycles. The lowest BCUT2D eigenvalue weighted by Gasteiger charge is -2.31. The number of hydrogen-bond acceptors (Lipinski definition) is 3. The summed E-state index contributed by atoms with van der Waals surface area (Å²) in [6.07, 6.45) is -0.0246. The van der Waals surface area contributed by atoms with Crippen LogP contribution in [0.15, 0.2) is 28.7 Å². The molecule has 2 amide bonds. The first-order valence-electron chi connectivity index (χ1n) is 6.92. The minimum absolute atomic E-state index is 0.149. The zero-order valence-electron chi connectivity index (χ0n) is 12.1. The van der Waals surface area contributed by atoms with Crippen molar-refractivity contribution in [1.82, 2.24) is 10.2 Å². The van der Waals surface area contributed by atoms with E-state index in [1.165, 1.54) is 0 Å². The summed E-state index contributed by atoms with van der Waals surface area (Å²) in [6.45, 7) is 1.77. The van der Waals surface area contributed by atoms with Crippen molar-refractivity contribution in [2.45, 2.75) is 25.3 Å². The van der Waals surface area contributed by atoms with Gasteiger partial charge in [0.25, 0.3) is 0 Å². The molecule has 1 heterocycles. The topological polar surface area (TPSA) is 86.7 Å². The number of hydrogen-bond donors (Lipinski definition) is 2. The van der Waals surface area contributed by atoms with Gasteiger partial charge in [-0.05, 0) is 31.9 Å². The van der Waals surface area contributed by atoms with Gasteiger partial charge in [-0.25, -0.2) is 4.79 Å². The maximum absolute atomic E-state index is 12.3. The Bertz CT molecular complexity index is 602. The lowest BCUT2D eigenvalue weighted by molar-refractivity contribution is -0.129. The van der Waals surface area contributed by atoms with E-state index in [4.69, 9.17) is 5.11 Å². The van der Waals surface area contributed by atoms with Gasteiger partial charge in [-0.2, -0.15) is 0 Å². The van der Waals surface area contributed by atoms with Crippen LogP contribution in [0.2, 0.25) is 0 Å². The van der Waals surface area contributed by atoms with Crippen molar-refractivity contribution < 1.29 is 19.5 Å². The molecule has 0 aromatic heterocycles. The molecule has 0 saturated carbocycles. The van der Waals surface area contributed by atoms with E-state index in [0.29, 0.717) is 24.9 Å². The van der Waals surface area contributed by atoms with Gasteiger partial charge in [-0.15, -0.1) is 0 Å². The zero-order chi connectivity index (χ0) is 16.3. The molecule has 7 heteroatoms. The second-order valence-corrected chi connectivity index (χ2v) is 6.34. The fourth-order valence-corrected chi connectivity index (χ4v) is 2.86. The van der Waals surface area contributed by atoms with Gasteiger partial charge in [0.15, 0.2) is 5.78 Å². The Kier molecular flexibility index (Phi) is 4.85. The molecule has 0 spiro atoms. The van der Waals surface area contributed by atoms with Crippen LogP contribution in [-0.2, 0) is 4.79 Å². The summed E-state index contributed by atoms with van der Waals surface area (Å²) in [5, 5.41) is 11.7. The molecule has 1 aliphatic rings. The molecule has 6 nitrogen and oxygen atoms in total. The highest BCUT2D eigenvalue weighted by atomic mass is 79.9. The normalized spacial score (nSPS) is 20.7. The third kappa shape index (κ3) is 3.30. The van der Waals surface area contributed by atoms with Gasteiger partial charge in [0, 0.05) is 16.6 Å². The minimum atomic E-state index is -1.12. The molecule has 0 radical (unpaired) electrons. The van der Waals surface area contributed by atoms with E-state index in [2.05, 4.69) is 21.2 Å². The highest BCUT2D eigenvalue weighted by Gasteiger charge is 2.45. The number of carboxylic acid groups (broad SMARTS) is 1. The van der Waals surface area contributed by atoms with E-state index in [9.17, 15) is 14.4 Å². The van der Waals surface area contributed by atoms with Crippen molar-refractivity contribution in [3.05, 3.63) is 34.3 Å². The number of ketones is 1. The largest absolute Gasteiger partial charge is 0.465 e. The van der Waals surface area contributed by atoms with Crippen molar-refractivity contribution in [3.63, 3.8) is 0 Å². The van der Waals surface area contributed by atoms with Crippen LogP contribution >= 0.6 is 15.9 Å². The Morgan fingerprint density at radius 1 is 1.32 bits per heavy atom. The first-order chi connectivity index (χ1) is 10.3. The first kappa shape index (κ1) is 16.5. The number of rotatable bonds is 4. The van der Waals surface area contributed by atoms with Crippen LogP contribution in [0.25, 0.3) is 0 Å². The molecular weight excluding hydrogens is 352 g/mol. The number of amides is 2. The smallest absolute Gasteiger partial charge is 0.408 e. The minimum Gasteiger partial charge on any atom is -0.465 e. The second kappa shape index (κ2) is 6.48. The van der Waals surface area contributed by atoms with E-state index < -0.39 is 17.5 Å². The molecule has 1 aromatic rings. The van der Waals surface area contributed by atoms with Crippen LogP contribution in [0.4, 0.5) is 4.79 Å². The molecular formula is C15H17BrN2O4. The highest BCUT2D eigenvalue weighted by Crippen LogP contribution is 2.29. The third-order valence-corrected chi connectivity index (χ3v) is 4.47. The average molecular weight is 369 g/mol. The van der Waals surface area contributed by atoms with E-state index in [0.717, 1.165) is 9.37 Å². The van der Waals surface area contributed by atoms with Crippen LogP contribution in [0, 0.1) is 0 Å². The Balaban J connectivity index is 1.99. The fraction of sp³-hybridized carbons (Fsp3) is 0.400. The number of carbonyl (C=O) groups excluding carboxylic acids is 2. The van der Waals surface area contributed by atoms with E-state index in [-0.39, 0.29) is 12.3 Å². The van der Waals surface area contributed by atoms with Crippen LogP contribution in [0.3, 0.4) is 0 Å². The summed E-state index contributed by atoms with van der Waals surface area (Å²) in [6, 6.07) is 6.83. The Labute approximate surface area is 136 Å². The summed E-state index contributed by atoms with van der Waals surface area (Å²) in [7, 11) is 0. The summed E-state index contributed by atoms with van der Waals surface area (Å²) < 4.78 is 0.864. The molecule has 1 atom stereocenters. The number of nitrogens with one attached hydrogen (secondary N) is 1. The predicted octanol–water partition coefficient (Wildman–Crippen LogP) is 2.28. The lowest BCUT2D eigenvalue weighted by Crippen LogP contribution is -2.55. The molecule has 1 unspecified atom stereocenters. The number of Topliss-reactive ketones (excluding diaryl/α,β-unsaturated/α-hetero) is 1. The standard InChI is InChI=1S/C15H17BrN2O4/c1-15(7-2-8-18(15)14(21)22)13(20)17-9-12(19)10-3-5-11(16)6-4-10/h3-6H,2,7-9H2,1H3,(H,17,20)(H,21,22). The monoisotopic (exact) mass is 368 g/mol. The fourth-order valence-electron chi connectivity index (χ4n) is 2.59. The van der Waals surface area contributed by atoms with Gasteiger partial charge >= 0.3 is 6.09 Å². The van der Waals surface area contributed by atoms with Crippen molar-refractivity contribution in [2.24, 2.45) is 0 Å². The van der Waals surface area contributed by atoms with Crippen molar-refractivity contribution in [3.8, 4) is 0 Å². The van der Waals surface area contributed by atoms with Crippen LogP contribution in [0.5, 0.6) is 0 Å². The maximum atomic E-state index is 12.3. The molecule has 0 bridgehead atoms. The molecule has 2 rings (SSSR count). The molecule has 1 fully saturated rings. The molecule has 118 valence electrons. The van der Waals surface area contributed by atoms with E-state index in [1.54, 1.807) is 31.2 Å². The molecule has 1 aromatic carbocycles. The van der Waals surface area contributed by atoms with Crippen molar-refractivity contribution >= 4 is 33.7 Å². The van der Waals surface area contributed by atoms with Gasteiger partial charge in [-0.1, -0.05) is 28.1 Å². The molecule has 2 N–H and O–H groups in total. The first-order valence-corrected chi connectivity index (χ1v) is 7.71.